The summed E-state index contributed by atoms with van der Waals surface area (Å²) in [5.41, 5.74) is 3.62. The maximum Gasteiger partial charge on any atom is 0.277 e. The zero-order valence-electron chi connectivity index (χ0n) is 17.3. The van der Waals surface area contributed by atoms with Crippen LogP contribution in [0.1, 0.15) is 23.3 Å². The molecule has 9 nitrogen and oxygen atoms in total. The lowest BCUT2D eigenvalue weighted by Gasteiger charge is -2.17. The Balaban J connectivity index is 1.22. The van der Waals surface area contributed by atoms with Crippen LogP contribution in [0.2, 0.25) is 0 Å². The summed E-state index contributed by atoms with van der Waals surface area (Å²) in [4.78, 5) is 16.3. The lowest BCUT2D eigenvalue weighted by molar-refractivity contribution is 0.102. The molecule has 0 saturated carbocycles. The van der Waals surface area contributed by atoms with Gasteiger partial charge >= 0.3 is 0 Å². The Morgan fingerprint density at radius 1 is 0.875 bits per heavy atom. The number of hydrogen-bond donors (Lipinski definition) is 2. The molecule has 1 aliphatic heterocycles. The monoisotopic (exact) mass is 426 g/mol. The minimum atomic E-state index is -0.322. The molecule has 9 heteroatoms. The van der Waals surface area contributed by atoms with Gasteiger partial charge in [0.15, 0.2) is 11.5 Å². The van der Waals surface area contributed by atoms with Crippen LogP contribution < -0.4 is 15.5 Å². The summed E-state index contributed by atoms with van der Waals surface area (Å²) in [5.74, 6) is 0.362. The summed E-state index contributed by atoms with van der Waals surface area (Å²) in [6.45, 7) is 2.11. The van der Waals surface area contributed by atoms with Crippen LogP contribution in [0.25, 0.3) is 5.69 Å². The van der Waals surface area contributed by atoms with E-state index in [1.165, 1.54) is 23.8 Å². The molecule has 2 aromatic carbocycles. The lowest BCUT2D eigenvalue weighted by atomic mass is 10.2. The fraction of sp³-hybridized carbons (Fsp3) is 0.174. The van der Waals surface area contributed by atoms with E-state index in [0.29, 0.717) is 11.5 Å². The van der Waals surface area contributed by atoms with E-state index in [1.54, 1.807) is 6.20 Å². The highest BCUT2D eigenvalue weighted by molar-refractivity contribution is 6.02. The summed E-state index contributed by atoms with van der Waals surface area (Å²) in [5, 5.41) is 22.8. The molecule has 32 heavy (non-hydrogen) atoms. The first kappa shape index (κ1) is 19.7. The number of nitrogens with one attached hydrogen (secondary N) is 2. The first-order valence-corrected chi connectivity index (χ1v) is 10.5. The Labute approximate surface area is 185 Å². The number of carbonyl (C=O) groups is 1. The molecule has 3 heterocycles. The third kappa shape index (κ3) is 4.41. The van der Waals surface area contributed by atoms with Crippen molar-refractivity contribution in [3.05, 3.63) is 78.8 Å². The van der Waals surface area contributed by atoms with Crippen molar-refractivity contribution in [1.29, 1.82) is 0 Å². The molecule has 1 fully saturated rings. The summed E-state index contributed by atoms with van der Waals surface area (Å²) in [6, 6.07) is 18.8. The number of para-hydroxylation sites is 1. The summed E-state index contributed by atoms with van der Waals surface area (Å²) in [7, 11) is 0. The molecule has 1 saturated heterocycles. The largest absolute Gasteiger partial charge is 0.370 e. The molecule has 0 spiro atoms. The molecule has 0 bridgehead atoms. The second-order valence-electron chi connectivity index (χ2n) is 7.50. The number of anilines is 4. The van der Waals surface area contributed by atoms with Gasteiger partial charge in [-0.3, -0.25) is 4.79 Å². The Hall–Kier alpha value is -4.27. The van der Waals surface area contributed by atoms with Crippen molar-refractivity contribution in [2.24, 2.45) is 0 Å². The summed E-state index contributed by atoms with van der Waals surface area (Å²) >= 11 is 0. The first-order valence-electron chi connectivity index (χ1n) is 10.5. The Morgan fingerprint density at radius 2 is 1.62 bits per heavy atom. The van der Waals surface area contributed by atoms with Gasteiger partial charge in [-0.1, -0.05) is 18.2 Å². The molecule has 2 aromatic heterocycles. The maximum absolute atomic E-state index is 12.5. The second-order valence-corrected chi connectivity index (χ2v) is 7.50. The highest BCUT2D eigenvalue weighted by Gasteiger charge is 2.14. The van der Waals surface area contributed by atoms with Crippen LogP contribution in [0.15, 0.2) is 73.1 Å². The van der Waals surface area contributed by atoms with E-state index in [-0.39, 0.29) is 11.6 Å². The minimum Gasteiger partial charge on any atom is -0.370 e. The van der Waals surface area contributed by atoms with Crippen LogP contribution in [0.5, 0.6) is 0 Å². The van der Waals surface area contributed by atoms with E-state index < -0.39 is 0 Å². The van der Waals surface area contributed by atoms with E-state index in [2.05, 4.69) is 35.9 Å². The van der Waals surface area contributed by atoms with Crippen LogP contribution in [0, 0.1) is 0 Å². The topological polar surface area (TPSA) is 101 Å². The van der Waals surface area contributed by atoms with Gasteiger partial charge in [0, 0.05) is 30.5 Å². The fourth-order valence-electron chi connectivity index (χ4n) is 3.60. The minimum absolute atomic E-state index is 0.241. The van der Waals surface area contributed by atoms with Crippen molar-refractivity contribution in [2.45, 2.75) is 12.8 Å². The molecule has 2 N–H and O–H groups in total. The van der Waals surface area contributed by atoms with Gasteiger partial charge in [0.25, 0.3) is 5.91 Å². The van der Waals surface area contributed by atoms with Crippen LogP contribution in [-0.2, 0) is 0 Å². The quantitative estimate of drug-likeness (QED) is 0.485. The lowest BCUT2D eigenvalue weighted by Crippen LogP contribution is -2.18. The molecule has 160 valence electrons. The zero-order chi connectivity index (χ0) is 21.8. The van der Waals surface area contributed by atoms with E-state index in [0.717, 1.165) is 30.2 Å². The van der Waals surface area contributed by atoms with Crippen LogP contribution in [0.3, 0.4) is 0 Å². The van der Waals surface area contributed by atoms with Crippen molar-refractivity contribution < 1.29 is 4.79 Å². The molecular weight excluding hydrogens is 404 g/mol. The SMILES string of the molecule is O=C(Nc1ccc(Nc2cc(N3CCCC3)cnn2)cc1)c1cnn(-c2ccccc2)n1. The predicted molar refractivity (Wildman–Crippen MR) is 123 cm³/mol. The Morgan fingerprint density at radius 3 is 2.41 bits per heavy atom. The second kappa shape index (κ2) is 8.84. The standard InChI is InChI=1S/C23H22N8O/c32-23(21-16-25-31(29-21)19-6-2-1-3-7-19)27-18-10-8-17(9-11-18)26-22-14-20(15-24-28-22)30-12-4-5-13-30/h1-3,6-11,14-16H,4-5,12-13H2,(H,26,28)(H,27,32). The third-order valence-corrected chi connectivity index (χ3v) is 5.24. The van der Waals surface area contributed by atoms with Gasteiger partial charge in [-0.25, -0.2) is 0 Å². The van der Waals surface area contributed by atoms with E-state index in [4.69, 9.17) is 0 Å². The van der Waals surface area contributed by atoms with E-state index in [1.807, 2.05) is 60.7 Å². The molecule has 1 aliphatic rings. The normalized spacial score (nSPS) is 13.2. The number of hydrogen-bond acceptors (Lipinski definition) is 7. The van der Waals surface area contributed by atoms with Crippen molar-refractivity contribution in [2.75, 3.05) is 28.6 Å². The van der Waals surface area contributed by atoms with Crippen molar-refractivity contribution in [3.8, 4) is 5.69 Å². The summed E-state index contributed by atoms with van der Waals surface area (Å²) < 4.78 is 0. The van der Waals surface area contributed by atoms with Gasteiger partial charge in [0.05, 0.1) is 23.8 Å². The zero-order valence-corrected chi connectivity index (χ0v) is 17.3. The maximum atomic E-state index is 12.5. The number of nitrogens with zero attached hydrogens (tertiary/aromatic N) is 6. The number of aromatic nitrogens is 5. The van der Waals surface area contributed by atoms with Gasteiger partial charge in [0.2, 0.25) is 0 Å². The van der Waals surface area contributed by atoms with Gasteiger partial charge in [0.1, 0.15) is 0 Å². The number of carbonyl (C=O) groups excluding carboxylic acids is 1. The van der Waals surface area contributed by atoms with Crippen molar-refractivity contribution >= 4 is 28.8 Å². The number of amides is 1. The van der Waals surface area contributed by atoms with Gasteiger partial charge in [-0.2, -0.15) is 15.0 Å². The molecule has 0 atom stereocenters. The smallest absolute Gasteiger partial charge is 0.277 e. The number of benzene rings is 2. The molecule has 0 radical (unpaired) electrons. The molecular formula is C23H22N8O. The molecule has 4 aromatic rings. The molecule has 5 rings (SSSR count). The van der Waals surface area contributed by atoms with Crippen molar-refractivity contribution in [3.63, 3.8) is 0 Å². The Bertz CT molecular complexity index is 1200. The molecule has 0 aliphatic carbocycles. The third-order valence-electron chi connectivity index (χ3n) is 5.24. The predicted octanol–water partition coefficient (Wildman–Crippen LogP) is 3.65. The highest BCUT2D eigenvalue weighted by atomic mass is 16.2. The fourth-order valence-corrected chi connectivity index (χ4v) is 3.60. The van der Waals surface area contributed by atoms with E-state index >= 15 is 0 Å². The van der Waals surface area contributed by atoms with Gasteiger partial charge in [-0.05, 0) is 49.2 Å². The molecule has 0 unspecified atom stereocenters. The van der Waals surface area contributed by atoms with Crippen LogP contribution in [-0.4, -0.2) is 44.2 Å². The van der Waals surface area contributed by atoms with Gasteiger partial charge < -0.3 is 15.5 Å². The van der Waals surface area contributed by atoms with Crippen molar-refractivity contribution in [1.82, 2.24) is 25.2 Å². The first-order chi connectivity index (χ1) is 15.7. The van der Waals surface area contributed by atoms with Crippen LogP contribution >= 0.6 is 0 Å². The van der Waals surface area contributed by atoms with E-state index in [9.17, 15) is 4.79 Å². The Kier molecular flexibility index (Phi) is 5.44. The molecule has 1 amide bonds. The number of rotatable bonds is 6. The van der Waals surface area contributed by atoms with Gasteiger partial charge in [-0.15, -0.1) is 10.2 Å². The van der Waals surface area contributed by atoms with Crippen LogP contribution in [0.4, 0.5) is 22.9 Å². The highest BCUT2D eigenvalue weighted by Crippen LogP contribution is 2.23. The summed E-state index contributed by atoms with van der Waals surface area (Å²) in [6.07, 6.45) is 5.66. The average Bonchev–Trinajstić information content (AvgIpc) is 3.54. The average molecular weight is 426 g/mol.